The molecule has 0 amide bonds. The van der Waals surface area contributed by atoms with E-state index < -0.39 is 0 Å². The zero-order valence-corrected chi connectivity index (χ0v) is 14.6. The van der Waals surface area contributed by atoms with E-state index in [2.05, 4.69) is 47.0 Å². The molecule has 2 aliphatic heterocycles. The molecule has 3 heterocycles. The zero-order chi connectivity index (χ0) is 16.6. The van der Waals surface area contributed by atoms with Crippen LogP contribution in [-0.4, -0.2) is 45.5 Å². The summed E-state index contributed by atoms with van der Waals surface area (Å²) in [5.41, 5.74) is 4.21. The van der Waals surface area contributed by atoms with Crippen molar-refractivity contribution in [3.63, 3.8) is 0 Å². The highest BCUT2D eigenvalue weighted by atomic mass is 16.5. The Morgan fingerprint density at radius 1 is 1.25 bits per heavy atom. The van der Waals surface area contributed by atoms with Gasteiger partial charge in [-0.25, -0.2) is 9.67 Å². The van der Waals surface area contributed by atoms with Gasteiger partial charge < -0.3 is 4.74 Å². The maximum Gasteiger partial charge on any atom is 0.138 e. The fraction of sp³-hybridized carbons (Fsp3) is 0.579. The number of nitrogens with zero attached hydrogens (tertiary/aromatic N) is 4. The summed E-state index contributed by atoms with van der Waals surface area (Å²) < 4.78 is 7.42. The van der Waals surface area contributed by atoms with Crippen molar-refractivity contribution in [3.05, 3.63) is 42.0 Å². The molecule has 2 saturated heterocycles. The minimum Gasteiger partial charge on any atom is -0.381 e. The van der Waals surface area contributed by atoms with Crippen LogP contribution in [0.2, 0.25) is 0 Å². The Morgan fingerprint density at radius 2 is 2.08 bits per heavy atom. The molecule has 5 heteroatoms. The van der Waals surface area contributed by atoms with E-state index in [9.17, 15) is 0 Å². The molecule has 2 aromatic rings. The van der Waals surface area contributed by atoms with Crippen molar-refractivity contribution in [2.45, 2.75) is 45.7 Å². The minimum atomic E-state index is 0.480. The van der Waals surface area contributed by atoms with Crippen molar-refractivity contribution in [1.29, 1.82) is 0 Å². The number of hydrogen-bond acceptors (Lipinski definition) is 4. The van der Waals surface area contributed by atoms with Gasteiger partial charge in [-0.05, 0) is 62.3 Å². The fourth-order valence-corrected chi connectivity index (χ4v) is 4.46. The minimum absolute atomic E-state index is 0.480. The van der Waals surface area contributed by atoms with E-state index in [4.69, 9.17) is 4.74 Å². The molecule has 0 saturated carbocycles. The first-order valence-electron chi connectivity index (χ1n) is 8.94. The van der Waals surface area contributed by atoms with E-state index >= 15 is 0 Å². The van der Waals surface area contributed by atoms with Crippen LogP contribution in [0.5, 0.6) is 0 Å². The number of rotatable bonds is 3. The molecule has 2 fully saturated rings. The molecule has 1 spiro atoms. The first-order chi connectivity index (χ1) is 11.7. The van der Waals surface area contributed by atoms with Crippen molar-refractivity contribution in [1.82, 2.24) is 19.7 Å². The number of benzene rings is 1. The number of aryl methyl sites for hydroxylation is 1. The van der Waals surface area contributed by atoms with E-state index in [0.29, 0.717) is 11.5 Å². The molecule has 0 aliphatic carbocycles. The summed E-state index contributed by atoms with van der Waals surface area (Å²) in [6.45, 7) is 8.66. The van der Waals surface area contributed by atoms with Gasteiger partial charge in [0.2, 0.25) is 0 Å². The first-order valence-corrected chi connectivity index (χ1v) is 8.94. The topological polar surface area (TPSA) is 43.2 Å². The summed E-state index contributed by atoms with van der Waals surface area (Å²) in [7, 11) is 0. The quantitative estimate of drug-likeness (QED) is 0.870. The summed E-state index contributed by atoms with van der Waals surface area (Å²) >= 11 is 0. The van der Waals surface area contributed by atoms with Crippen molar-refractivity contribution in [2.24, 2.45) is 5.41 Å². The molecule has 4 rings (SSSR count). The van der Waals surface area contributed by atoms with Crippen LogP contribution in [0.4, 0.5) is 0 Å². The predicted octanol–water partition coefficient (Wildman–Crippen LogP) is 2.97. The number of likely N-dealkylation sites (tertiary alicyclic amines) is 1. The van der Waals surface area contributed by atoms with Gasteiger partial charge >= 0.3 is 0 Å². The van der Waals surface area contributed by atoms with Gasteiger partial charge in [-0.15, -0.1) is 0 Å². The molecule has 0 bridgehead atoms. The molecular formula is C19H26N4O. The summed E-state index contributed by atoms with van der Waals surface area (Å²) in [5.74, 6) is 0. The van der Waals surface area contributed by atoms with Crippen LogP contribution in [-0.2, 0) is 11.3 Å². The third kappa shape index (κ3) is 2.76. The largest absolute Gasteiger partial charge is 0.381 e. The first kappa shape index (κ1) is 15.8. The highest BCUT2D eigenvalue weighted by Gasteiger charge is 2.45. The van der Waals surface area contributed by atoms with Crippen LogP contribution in [0, 0.1) is 12.3 Å². The van der Waals surface area contributed by atoms with Gasteiger partial charge in [0, 0.05) is 25.8 Å². The zero-order valence-electron chi connectivity index (χ0n) is 14.6. The molecule has 0 N–H and O–H groups in total. The highest BCUT2D eigenvalue weighted by molar-refractivity contribution is 5.41. The van der Waals surface area contributed by atoms with Gasteiger partial charge in [-0.3, -0.25) is 4.90 Å². The molecule has 1 aromatic heterocycles. The SMILES string of the molecule is Cc1cc(CN2CCC3(CCOCC3)C2C)ccc1-n1cncn1. The standard InChI is InChI=1S/C19H26N4O/c1-15-11-17(3-4-18(15)23-14-20-13-21-23)12-22-8-5-19(16(22)2)6-9-24-10-7-19/h3-4,11,13-14,16H,5-10,12H2,1-2H3. The second kappa shape index (κ2) is 6.30. The van der Waals surface area contributed by atoms with Gasteiger partial charge in [-0.2, -0.15) is 5.10 Å². The van der Waals surface area contributed by atoms with Crippen molar-refractivity contribution in [2.75, 3.05) is 19.8 Å². The number of ether oxygens (including phenoxy) is 1. The lowest BCUT2D eigenvalue weighted by molar-refractivity contribution is -0.00150. The van der Waals surface area contributed by atoms with E-state index in [1.807, 2.05) is 4.68 Å². The lowest BCUT2D eigenvalue weighted by Crippen LogP contribution is -2.40. The lowest BCUT2D eigenvalue weighted by atomic mass is 9.74. The second-order valence-corrected chi connectivity index (χ2v) is 7.33. The Hall–Kier alpha value is -1.72. The third-order valence-corrected chi connectivity index (χ3v) is 6.13. The Kier molecular flexibility index (Phi) is 4.14. The predicted molar refractivity (Wildman–Crippen MR) is 93.1 cm³/mol. The average molecular weight is 326 g/mol. The van der Waals surface area contributed by atoms with Gasteiger partial charge in [0.15, 0.2) is 0 Å². The van der Waals surface area contributed by atoms with E-state index in [0.717, 1.165) is 25.4 Å². The van der Waals surface area contributed by atoms with Crippen LogP contribution in [0.25, 0.3) is 5.69 Å². The van der Waals surface area contributed by atoms with Crippen molar-refractivity contribution >= 4 is 0 Å². The number of hydrogen-bond donors (Lipinski definition) is 0. The Labute approximate surface area is 143 Å². The Bertz CT molecular complexity index is 691. The maximum atomic E-state index is 5.59. The van der Waals surface area contributed by atoms with E-state index in [-0.39, 0.29) is 0 Å². The van der Waals surface area contributed by atoms with Gasteiger partial charge in [0.25, 0.3) is 0 Å². The summed E-state index contributed by atoms with van der Waals surface area (Å²) in [6.07, 6.45) is 7.07. The molecule has 1 atom stereocenters. The highest BCUT2D eigenvalue weighted by Crippen LogP contribution is 2.45. The number of aromatic nitrogens is 3. The van der Waals surface area contributed by atoms with Gasteiger partial charge in [0.05, 0.1) is 5.69 Å². The molecule has 24 heavy (non-hydrogen) atoms. The Morgan fingerprint density at radius 3 is 2.79 bits per heavy atom. The van der Waals surface area contributed by atoms with Crippen LogP contribution < -0.4 is 0 Å². The van der Waals surface area contributed by atoms with Gasteiger partial charge in [0.1, 0.15) is 12.7 Å². The molecule has 5 nitrogen and oxygen atoms in total. The van der Waals surface area contributed by atoms with Gasteiger partial charge in [-0.1, -0.05) is 12.1 Å². The van der Waals surface area contributed by atoms with Crippen molar-refractivity contribution < 1.29 is 4.74 Å². The third-order valence-electron chi connectivity index (χ3n) is 6.13. The van der Waals surface area contributed by atoms with E-state index in [1.165, 1.54) is 36.9 Å². The average Bonchev–Trinajstić information content (AvgIpc) is 3.21. The monoisotopic (exact) mass is 326 g/mol. The maximum absolute atomic E-state index is 5.59. The van der Waals surface area contributed by atoms with Crippen molar-refractivity contribution in [3.8, 4) is 5.69 Å². The smallest absolute Gasteiger partial charge is 0.138 e. The van der Waals surface area contributed by atoms with Crippen LogP contribution in [0.1, 0.15) is 37.3 Å². The summed E-state index contributed by atoms with van der Waals surface area (Å²) in [5, 5.41) is 4.23. The second-order valence-electron chi connectivity index (χ2n) is 7.33. The fourth-order valence-electron chi connectivity index (χ4n) is 4.46. The Balaban J connectivity index is 1.49. The van der Waals surface area contributed by atoms with Crippen LogP contribution >= 0.6 is 0 Å². The summed E-state index contributed by atoms with van der Waals surface area (Å²) in [6, 6.07) is 7.31. The molecule has 128 valence electrons. The molecule has 1 unspecified atom stereocenters. The van der Waals surface area contributed by atoms with Crippen LogP contribution in [0.15, 0.2) is 30.9 Å². The van der Waals surface area contributed by atoms with E-state index in [1.54, 1.807) is 12.7 Å². The lowest BCUT2D eigenvalue weighted by Gasteiger charge is -2.39. The molecule has 0 radical (unpaired) electrons. The molecular weight excluding hydrogens is 300 g/mol. The molecule has 2 aliphatic rings. The normalized spacial score (nSPS) is 23.8. The molecule has 1 aromatic carbocycles. The van der Waals surface area contributed by atoms with Crippen LogP contribution in [0.3, 0.4) is 0 Å². The summed E-state index contributed by atoms with van der Waals surface area (Å²) in [4.78, 5) is 6.68.